The first-order chi connectivity index (χ1) is 9.75. The Morgan fingerprint density at radius 2 is 2.00 bits per heavy atom. The molecule has 20 heavy (non-hydrogen) atoms. The summed E-state index contributed by atoms with van der Waals surface area (Å²) >= 11 is 0. The molecule has 2 atom stereocenters. The van der Waals surface area contributed by atoms with Crippen LogP contribution in [0.1, 0.15) is 45.4 Å². The van der Waals surface area contributed by atoms with Crippen molar-refractivity contribution in [3.8, 4) is 0 Å². The minimum Gasteiger partial charge on any atom is -0.396 e. The van der Waals surface area contributed by atoms with Crippen LogP contribution in [0.25, 0.3) is 0 Å². The lowest BCUT2D eigenvalue weighted by Gasteiger charge is -2.58. The molecule has 4 nitrogen and oxygen atoms in total. The van der Waals surface area contributed by atoms with Crippen molar-refractivity contribution in [3.63, 3.8) is 0 Å². The molecule has 0 aromatic heterocycles. The zero-order valence-electron chi connectivity index (χ0n) is 12.7. The van der Waals surface area contributed by atoms with Crippen LogP contribution < -0.4 is 5.32 Å². The Labute approximate surface area is 122 Å². The van der Waals surface area contributed by atoms with Crippen LogP contribution in [0.4, 0.5) is 0 Å². The van der Waals surface area contributed by atoms with E-state index in [9.17, 15) is 5.11 Å². The van der Waals surface area contributed by atoms with Crippen LogP contribution >= 0.6 is 0 Å². The third-order valence-corrected chi connectivity index (χ3v) is 5.81. The first-order valence-electron chi connectivity index (χ1n) is 8.28. The summed E-state index contributed by atoms with van der Waals surface area (Å²) in [6.45, 7) is 5.44. The molecule has 1 aliphatic heterocycles. The SMILES string of the molecule is CCOC1CC(NCC2(CO)COC2)C12CCCCC2. The molecule has 1 saturated heterocycles. The molecule has 1 spiro atoms. The molecule has 0 radical (unpaired) electrons. The molecular weight excluding hydrogens is 254 g/mol. The highest BCUT2D eigenvalue weighted by molar-refractivity contribution is 5.09. The standard InChI is InChI=1S/C16H29NO3/c1-2-20-14-8-13(16(14)6-4-3-5-7-16)17-9-15(10-18)11-19-12-15/h13-14,17-18H,2-12H2,1H3. The Kier molecular flexibility index (Phi) is 4.37. The summed E-state index contributed by atoms with van der Waals surface area (Å²) in [5.41, 5.74) is 0.349. The van der Waals surface area contributed by atoms with Crippen molar-refractivity contribution in [3.05, 3.63) is 0 Å². The molecular formula is C16H29NO3. The topological polar surface area (TPSA) is 50.7 Å². The maximum absolute atomic E-state index is 9.53. The summed E-state index contributed by atoms with van der Waals surface area (Å²) in [5.74, 6) is 0. The maximum Gasteiger partial charge on any atom is 0.0661 e. The molecule has 0 aromatic rings. The number of aliphatic hydroxyl groups excluding tert-OH is 1. The number of aliphatic hydroxyl groups is 1. The molecule has 0 amide bonds. The smallest absolute Gasteiger partial charge is 0.0661 e. The first-order valence-corrected chi connectivity index (χ1v) is 8.28. The lowest BCUT2D eigenvalue weighted by atomic mass is 9.55. The number of hydrogen-bond donors (Lipinski definition) is 2. The third kappa shape index (κ3) is 2.41. The van der Waals surface area contributed by atoms with Crippen LogP contribution in [0.15, 0.2) is 0 Å². The number of rotatable bonds is 6. The highest BCUT2D eigenvalue weighted by Crippen LogP contribution is 2.53. The van der Waals surface area contributed by atoms with Crippen LogP contribution in [0, 0.1) is 10.8 Å². The van der Waals surface area contributed by atoms with Crippen molar-refractivity contribution < 1.29 is 14.6 Å². The molecule has 4 heteroatoms. The maximum atomic E-state index is 9.53. The van der Waals surface area contributed by atoms with E-state index in [1.165, 1.54) is 32.1 Å². The Bertz CT molecular complexity index is 318. The molecule has 2 aliphatic carbocycles. The average molecular weight is 283 g/mol. The van der Waals surface area contributed by atoms with E-state index in [0.29, 0.717) is 30.8 Å². The monoisotopic (exact) mass is 283 g/mol. The summed E-state index contributed by atoms with van der Waals surface area (Å²) in [7, 11) is 0. The van der Waals surface area contributed by atoms with Crippen LogP contribution in [-0.4, -0.2) is 50.2 Å². The summed E-state index contributed by atoms with van der Waals surface area (Å²) in [6, 6.07) is 0.573. The molecule has 0 bridgehead atoms. The highest BCUT2D eigenvalue weighted by atomic mass is 16.5. The minimum atomic E-state index is -0.0213. The van der Waals surface area contributed by atoms with E-state index in [4.69, 9.17) is 9.47 Å². The fourth-order valence-corrected chi connectivity index (χ4v) is 4.33. The van der Waals surface area contributed by atoms with Gasteiger partial charge < -0.3 is 19.9 Å². The molecule has 3 fully saturated rings. The molecule has 2 N–H and O–H groups in total. The number of hydrogen-bond acceptors (Lipinski definition) is 4. The van der Waals surface area contributed by atoms with Gasteiger partial charge in [-0.15, -0.1) is 0 Å². The van der Waals surface area contributed by atoms with Crippen molar-refractivity contribution in [1.82, 2.24) is 5.32 Å². The summed E-state index contributed by atoms with van der Waals surface area (Å²) < 4.78 is 11.3. The van der Waals surface area contributed by atoms with Crippen LogP contribution in [-0.2, 0) is 9.47 Å². The number of ether oxygens (including phenoxy) is 2. The number of nitrogens with one attached hydrogen (secondary N) is 1. The fraction of sp³-hybridized carbons (Fsp3) is 1.00. The van der Waals surface area contributed by atoms with Gasteiger partial charge in [0.2, 0.25) is 0 Å². The second-order valence-corrected chi connectivity index (χ2v) is 7.06. The van der Waals surface area contributed by atoms with Crippen molar-refractivity contribution in [2.75, 3.05) is 33.0 Å². The Morgan fingerprint density at radius 3 is 2.55 bits per heavy atom. The predicted molar refractivity (Wildman–Crippen MR) is 77.7 cm³/mol. The van der Waals surface area contributed by atoms with Gasteiger partial charge in [0.25, 0.3) is 0 Å². The molecule has 3 rings (SSSR count). The molecule has 1 heterocycles. The average Bonchev–Trinajstić information content (AvgIpc) is 2.45. The van der Waals surface area contributed by atoms with Gasteiger partial charge in [0.1, 0.15) is 0 Å². The van der Waals surface area contributed by atoms with E-state index in [2.05, 4.69) is 12.2 Å². The van der Waals surface area contributed by atoms with Crippen molar-refractivity contribution in [2.45, 2.75) is 57.6 Å². The zero-order valence-corrected chi connectivity index (χ0v) is 12.7. The van der Waals surface area contributed by atoms with Crippen molar-refractivity contribution in [1.29, 1.82) is 0 Å². The van der Waals surface area contributed by atoms with E-state index in [1.54, 1.807) is 0 Å². The predicted octanol–water partition coefficient (Wildman–Crippen LogP) is 1.71. The lowest BCUT2D eigenvalue weighted by Crippen LogP contribution is -2.66. The second-order valence-electron chi connectivity index (χ2n) is 7.06. The van der Waals surface area contributed by atoms with E-state index in [-0.39, 0.29) is 12.0 Å². The molecule has 2 unspecified atom stereocenters. The molecule has 3 aliphatic rings. The Morgan fingerprint density at radius 1 is 1.25 bits per heavy atom. The quantitative estimate of drug-likeness (QED) is 0.779. The van der Waals surface area contributed by atoms with Crippen LogP contribution in [0.5, 0.6) is 0 Å². The van der Waals surface area contributed by atoms with Gasteiger partial charge in [-0.25, -0.2) is 0 Å². The van der Waals surface area contributed by atoms with E-state index in [0.717, 1.165) is 19.6 Å². The van der Waals surface area contributed by atoms with Gasteiger partial charge in [-0.1, -0.05) is 19.3 Å². The van der Waals surface area contributed by atoms with Crippen LogP contribution in [0.3, 0.4) is 0 Å². The van der Waals surface area contributed by atoms with Gasteiger partial charge in [0, 0.05) is 24.6 Å². The summed E-state index contributed by atoms with van der Waals surface area (Å²) in [4.78, 5) is 0. The minimum absolute atomic E-state index is 0.0213. The normalized spacial score (nSPS) is 34.5. The molecule has 2 saturated carbocycles. The first kappa shape index (κ1) is 14.8. The Balaban J connectivity index is 1.58. The van der Waals surface area contributed by atoms with Gasteiger partial charge in [-0.05, 0) is 26.2 Å². The largest absolute Gasteiger partial charge is 0.396 e. The van der Waals surface area contributed by atoms with Gasteiger partial charge in [0.15, 0.2) is 0 Å². The summed E-state index contributed by atoms with van der Waals surface area (Å²) in [5, 5.41) is 13.3. The van der Waals surface area contributed by atoms with Crippen molar-refractivity contribution >= 4 is 0 Å². The van der Waals surface area contributed by atoms with Crippen molar-refractivity contribution in [2.24, 2.45) is 10.8 Å². The van der Waals surface area contributed by atoms with E-state index >= 15 is 0 Å². The second kappa shape index (κ2) is 5.91. The van der Waals surface area contributed by atoms with Gasteiger partial charge in [-0.3, -0.25) is 0 Å². The highest BCUT2D eigenvalue weighted by Gasteiger charge is 2.55. The molecule has 116 valence electrons. The van der Waals surface area contributed by atoms with Crippen LogP contribution in [0.2, 0.25) is 0 Å². The van der Waals surface area contributed by atoms with E-state index < -0.39 is 0 Å². The van der Waals surface area contributed by atoms with E-state index in [1.807, 2.05) is 0 Å². The zero-order chi connectivity index (χ0) is 14.1. The van der Waals surface area contributed by atoms with Gasteiger partial charge >= 0.3 is 0 Å². The summed E-state index contributed by atoms with van der Waals surface area (Å²) in [6.07, 6.45) is 8.26. The van der Waals surface area contributed by atoms with Gasteiger partial charge in [-0.2, -0.15) is 0 Å². The molecule has 0 aromatic carbocycles. The van der Waals surface area contributed by atoms with Gasteiger partial charge in [0.05, 0.1) is 31.3 Å². The fourth-order valence-electron chi connectivity index (χ4n) is 4.33. The lowest BCUT2D eigenvalue weighted by molar-refractivity contribution is -0.166. The third-order valence-electron chi connectivity index (χ3n) is 5.81. The Hall–Kier alpha value is -0.160.